The van der Waals surface area contributed by atoms with Crippen molar-refractivity contribution in [2.24, 2.45) is 0 Å². The predicted molar refractivity (Wildman–Crippen MR) is 107 cm³/mol. The lowest BCUT2D eigenvalue weighted by Gasteiger charge is -2.13. The number of ether oxygens (including phenoxy) is 1. The molecule has 10 heteroatoms. The molecule has 2 heterocycles. The minimum Gasteiger partial charge on any atom is -0.465 e. The third-order valence-electron chi connectivity index (χ3n) is 3.74. The number of nitrogens with one attached hydrogen (secondary N) is 1. The molecular weight excluding hydrogens is 420 g/mol. The van der Waals surface area contributed by atoms with Crippen molar-refractivity contribution in [1.29, 1.82) is 0 Å². The van der Waals surface area contributed by atoms with Crippen LogP contribution in [0.2, 0.25) is 5.02 Å². The number of nitrogens with zero attached hydrogens (tertiary/aromatic N) is 1. The zero-order valence-corrected chi connectivity index (χ0v) is 16.7. The van der Waals surface area contributed by atoms with E-state index in [4.69, 9.17) is 20.8 Å². The van der Waals surface area contributed by atoms with E-state index in [1.165, 1.54) is 30.5 Å². The normalized spacial score (nSPS) is 15.1. The molecule has 1 saturated heterocycles. The molecule has 29 heavy (non-hydrogen) atoms. The zero-order valence-electron chi connectivity index (χ0n) is 15.1. The topological polar surface area (TPSA) is 106 Å². The lowest BCUT2D eigenvalue weighted by Crippen LogP contribution is -2.36. The summed E-state index contributed by atoms with van der Waals surface area (Å²) in [5, 5.41) is 2.15. The largest absolute Gasteiger partial charge is 0.465 e. The van der Waals surface area contributed by atoms with Crippen molar-refractivity contribution in [1.82, 2.24) is 4.90 Å². The second-order valence-electron chi connectivity index (χ2n) is 5.75. The number of halogens is 1. The molecule has 0 radical (unpaired) electrons. The average Bonchev–Trinajstić information content (AvgIpc) is 3.28. The molecule has 3 rings (SSSR count). The maximum absolute atomic E-state index is 12.4. The second-order valence-corrected chi connectivity index (χ2v) is 7.15. The molecular formula is C19H15ClN2O6S. The van der Waals surface area contributed by atoms with Gasteiger partial charge in [0.1, 0.15) is 12.3 Å². The summed E-state index contributed by atoms with van der Waals surface area (Å²) in [7, 11) is 0. The van der Waals surface area contributed by atoms with Crippen LogP contribution in [0, 0.1) is 0 Å². The second kappa shape index (κ2) is 8.97. The van der Waals surface area contributed by atoms with Crippen LogP contribution in [0.1, 0.15) is 23.0 Å². The molecule has 0 spiro atoms. The fraction of sp³-hybridized carbons (Fsp3) is 0.158. The van der Waals surface area contributed by atoms with Crippen LogP contribution in [0.25, 0.3) is 6.08 Å². The highest BCUT2D eigenvalue weighted by molar-refractivity contribution is 8.18. The van der Waals surface area contributed by atoms with Gasteiger partial charge in [-0.15, -0.1) is 0 Å². The molecule has 8 nitrogen and oxygen atoms in total. The number of amides is 3. The van der Waals surface area contributed by atoms with E-state index in [0.29, 0.717) is 5.76 Å². The number of hydrogen-bond donors (Lipinski definition) is 1. The van der Waals surface area contributed by atoms with Crippen molar-refractivity contribution in [2.45, 2.75) is 6.92 Å². The van der Waals surface area contributed by atoms with Gasteiger partial charge in [-0.3, -0.25) is 19.3 Å². The molecule has 1 fully saturated rings. The van der Waals surface area contributed by atoms with E-state index in [2.05, 4.69) is 5.32 Å². The Morgan fingerprint density at radius 3 is 2.79 bits per heavy atom. The summed E-state index contributed by atoms with van der Waals surface area (Å²) >= 11 is 6.71. The number of esters is 1. The van der Waals surface area contributed by atoms with E-state index in [9.17, 15) is 19.2 Å². The van der Waals surface area contributed by atoms with Gasteiger partial charge in [0.05, 0.1) is 28.4 Å². The summed E-state index contributed by atoms with van der Waals surface area (Å²) in [4.78, 5) is 49.7. The van der Waals surface area contributed by atoms with Crippen LogP contribution in [0.3, 0.4) is 0 Å². The Morgan fingerprint density at radius 2 is 2.10 bits per heavy atom. The number of benzene rings is 1. The fourth-order valence-electron chi connectivity index (χ4n) is 2.45. The molecule has 0 unspecified atom stereocenters. The van der Waals surface area contributed by atoms with Gasteiger partial charge in [0.25, 0.3) is 11.1 Å². The van der Waals surface area contributed by atoms with Crippen LogP contribution in [0.15, 0.2) is 45.9 Å². The van der Waals surface area contributed by atoms with Crippen LogP contribution in [0.5, 0.6) is 0 Å². The molecule has 150 valence electrons. The molecule has 1 aliphatic heterocycles. The Labute approximate surface area is 174 Å². The van der Waals surface area contributed by atoms with Gasteiger partial charge in [-0.1, -0.05) is 11.6 Å². The summed E-state index contributed by atoms with van der Waals surface area (Å²) < 4.78 is 10.0. The van der Waals surface area contributed by atoms with E-state index in [1.807, 2.05) is 0 Å². The SMILES string of the molecule is CCOC(=O)c1cc(NC(=O)CN2C(=O)S/C(=C/c3ccco3)C2=O)ccc1Cl. The summed E-state index contributed by atoms with van der Waals surface area (Å²) in [6, 6.07) is 7.59. The maximum atomic E-state index is 12.4. The van der Waals surface area contributed by atoms with Crippen molar-refractivity contribution in [3.63, 3.8) is 0 Å². The van der Waals surface area contributed by atoms with Gasteiger partial charge in [0.2, 0.25) is 5.91 Å². The number of anilines is 1. The lowest BCUT2D eigenvalue weighted by atomic mass is 10.2. The first-order valence-corrected chi connectivity index (χ1v) is 9.64. The average molecular weight is 435 g/mol. The summed E-state index contributed by atoms with van der Waals surface area (Å²) in [5.74, 6) is -1.39. The molecule has 1 aromatic heterocycles. The Bertz CT molecular complexity index is 1000. The van der Waals surface area contributed by atoms with Crippen LogP contribution in [-0.2, 0) is 14.3 Å². The molecule has 1 aliphatic rings. The smallest absolute Gasteiger partial charge is 0.339 e. The van der Waals surface area contributed by atoms with Gasteiger partial charge in [-0.05, 0) is 49.0 Å². The molecule has 0 bridgehead atoms. The maximum Gasteiger partial charge on any atom is 0.339 e. The molecule has 3 amide bonds. The van der Waals surface area contributed by atoms with Crippen molar-refractivity contribution in [3.05, 3.63) is 57.8 Å². The highest BCUT2D eigenvalue weighted by atomic mass is 35.5. The van der Waals surface area contributed by atoms with Gasteiger partial charge < -0.3 is 14.5 Å². The number of hydrogen-bond acceptors (Lipinski definition) is 7. The van der Waals surface area contributed by atoms with Crippen LogP contribution in [-0.4, -0.2) is 41.1 Å². The van der Waals surface area contributed by atoms with Gasteiger partial charge in [0.15, 0.2) is 0 Å². The number of thioether (sulfide) groups is 1. The van der Waals surface area contributed by atoms with Crippen LogP contribution >= 0.6 is 23.4 Å². The highest BCUT2D eigenvalue weighted by Gasteiger charge is 2.36. The number of rotatable bonds is 6. The van der Waals surface area contributed by atoms with Crippen molar-refractivity contribution >= 4 is 58.1 Å². The third kappa shape index (κ3) is 4.87. The minimum atomic E-state index is -0.623. The van der Waals surface area contributed by atoms with Crippen molar-refractivity contribution in [2.75, 3.05) is 18.5 Å². The quantitative estimate of drug-likeness (QED) is 0.544. The summed E-state index contributed by atoms with van der Waals surface area (Å²) in [6.07, 6.45) is 2.88. The first-order chi connectivity index (χ1) is 13.9. The molecule has 0 atom stereocenters. The number of imide groups is 1. The minimum absolute atomic E-state index is 0.0962. The number of carbonyl (C=O) groups excluding carboxylic acids is 4. The molecule has 0 saturated carbocycles. The van der Waals surface area contributed by atoms with Crippen LogP contribution < -0.4 is 5.32 Å². The zero-order chi connectivity index (χ0) is 21.0. The van der Waals surface area contributed by atoms with Gasteiger partial charge in [0, 0.05) is 11.8 Å². The first-order valence-electron chi connectivity index (χ1n) is 8.44. The van der Waals surface area contributed by atoms with E-state index in [-0.39, 0.29) is 27.8 Å². The van der Waals surface area contributed by atoms with Gasteiger partial charge >= 0.3 is 5.97 Å². The van der Waals surface area contributed by atoms with E-state index in [1.54, 1.807) is 19.1 Å². The van der Waals surface area contributed by atoms with Gasteiger partial charge in [-0.25, -0.2) is 4.79 Å². The van der Waals surface area contributed by atoms with Crippen LogP contribution in [0.4, 0.5) is 10.5 Å². The Kier molecular flexibility index (Phi) is 6.40. The highest BCUT2D eigenvalue weighted by Crippen LogP contribution is 2.32. The molecule has 1 N–H and O–H groups in total. The first kappa shape index (κ1) is 20.7. The molecule has 1 aromatic carbocycles. The van der Waals surface area contributed by atoms with Crippen molar-refractivity contribution in [3.8, 4) is 0 Å². The third-order valence-corrected chi connectivity index (χ3v) is 4.97. The Hall–Kier alpha value is -3.04. The van der Waals surface area contributed by atoms with E-state index >= 15 is 0 Å². The van der Waals surface area contributed by atoms with E-state index in [0.717, 1.165) is 16.7 Å². The lowest BCUT2D eigenvalue weighted by molar-refractivity contribution is -0.127. The van der Waals surface area contributed by atoms with Crippen molar-refractivity contribution < 1.29 is 28.3 Å². The summed E-state index contributed by atoms with van der Waals surface area (Å²) in [5.41, 5.74) is 0.374. The van der Waals surface area contributed by atoms with E-state index < -0.39 is 29.6 Å². The molecule has 0 aliphatic carbocycles. The number of carbonyl (C=O) groups is 4. The number of furan rings is 1. The Morgan fingerprint density at radius 1 is 1.31 bits per heavy atom. The fourth-order valence-corrected chi connectivity index (χ4v) is 3.46. The summed E-state index contributed by atoms with van der Waals surface area (Å²) in [6.45, 7) is 1.36. The monoisotopic (exact) mass is 434 g/mol. The Balaban J connectivity index is 1.68. The van der Waals surface area contributed by atoms with Gasteiger partial charge in [-0.2, -0.15) is 0 Å². The standard InChI is InChI=1S/C19H15ClN2O6S/c1-2-27-18(25)13-8-11(5-6-14(13)20)21-16(23)10-22-17(24)15(29-19(22)26)9-12-4-3-7-28-12/h3-9H,2,10H2,1H3,(H,21,23)/b15-9+. The predicted octanol–water partition coefficient (Wildman–Crippen LogP) is 3.78. The molecule has 2 aromatic rings.